The standard InChI is InChI=1S/C6H8N2O/c9-3-1-2-6-4-7-5-8-6/h1-2,4-5,9H,3H2,(H,7,8)/b2-1-. The Bertz CT molecular complexity index is 179. The van der Waals surface area contributed by atoms with Crippen molar-refractivity contribution in [1.29, 1.82) is 0 Å². The molecule has 1 aromatic rings. The average Bonchev–Trinajstić information content (AvgIpc) is 2.34. The van der Waals surface area contributed by atoms with Crippen LogP contribution in [-0.2, 0) is 0 Å². The molecule has 0 bridgehead atoms. The van der Waals surface area contributed by atoms with Gasteiger partial charge in [-0.3, -0.25) is 0 Å². The number of hydrogen-bond donors (Lipinski definition) is 2. The molecule has 0 saturated carbocycles. The van der Waals surface area contributed by atoms with Gasteiger partial charge in [-0.2, -0.15) is 0 Å². The molecule has 0 saturated heterocycles. The summed E-state index contributed by atoms with van der Waals surface area (Å²) in [7, 11) is 0. The second kappa shape index (κ2) is 3.04. The van der Waals surface area contributed by atoms with E-state index in [0.717, 1.165) is 5.69 Å². The van der Waals surface area contributed by atoms with E-state index in [1.165, 1.54) is 0 Å². The Morgan fingerprint density at radius 3 is 3.22 bits per heavy atom. The molecule has 0 aliphatic rings. The molecule has 0 aromatic carbocycles. The predicted molar refractivity (Wildman–Crippen MR) is 34.7 cm³/mol. The molecule has 0 radical (unpaired) electrons. The van der Waals surface area contributed by atoms with Gasteiger partial charge in [0.05, 0.1) is 24.8 Å². The van der Waals surface area contributed by atoms with Crippen LogP contribution in [0.2, 0.25) is 0 Å². The molecule has 0 atom stereocenters. The van der Waals surface area contributed by atoms with Crippen molar-refractivity contribution in [3.05, 3.63) is 24.3 Å². The minimum atomic E-state index is 0.0685. The lowest BCUT2D eigenvalue weighted by Gasteiger charge is -1.79. The lowest BCUT2D eigenvalue weighted by atomic mass is 10.4. The van der Waals surface area contributed by atoms with Crippen LogP contribution in [0.1, 0.15) is 5.69 Å². The number of aromatic amines is 1. The first kappa shape index (κ1) is 6.04. The van der Waals surface area contributed by atoms with E-state index in [9.17, 15) is 0 Å². The lowest BCUT2D eigenvalue weighted by molar-refractivity contribution is 0.343. The number of nitrogens with zero attached hydrogens (tertiary/aromatic N) is 1. The van der Waals surface area contributed by atoms with Crippen LogP contribution in [-0.4, -0.2) is 21.7 Å². The van der Waals surface area contributed by atoms with E-state index < -0.39 is 0 Å². The summed E-state index contributed by atoms with van der Waals surface area (Å²) >= 11 is 0. The molecule has 2 N–H and O–H groups in total. The van der Waals surface area contributed by atoms with Gasteiger partial charge in [-0.05, 0) is 6.08 Å². The van der Waals surface area contributed by atoms with Gasteiger partial charge in [0.2, 0.25) is 0 Å². The first-order chi connectivity index (χ1) is 4.43. The molecule has 3 heteroatoms. The van der Waals surface area contributed by atoms with Crippen molar-refractivity contribution < 1.29 is 5.11 Å². The minimum absolute atomic E-state index is 0.0685. The predicted octanol–water partition coefficient (Wildman–Crippen LogP) is 0.415. The fourth-order valence-corrected chi connectivity index (χ4v) is 0.537. The van der Waals surface area contributed by atoms with Gasteiger partial charge in [0.15, 0.2) is 0 Å². The minimum Gasteiger partial charge on any atom is -0.392 e. The summed E-state index contributed by atoms with van der Waals surface area (Å²) in [5.74, 6) is 0. The topological polar surface area (TPSA) is 48.9 Å². The van der Waals surface area contributed by atoms with Gasteiger partial charge in [0.25, 0.3) is 0 Å². The molecular formula is C6H8N2O. The summed E-state index contributed by atoms with van der Waals surface area (Å²) in [6.07, 6.45) is 6.70. The molecule has 1 rings (SSSR count). The van der Waals surface area contributed by atoms with Crippen molar-refractivity contribution in [2.24, 2.45) is 0 Å². The molecule has 0 unspecified atom stereocenters. The maximum Gasteiger partial charge on any atom is 0.0924 e. The van der Waals surface area contributed by atoms with Crippen LogP contribution in [0, 0.1) is 0 Å². The fraction of sp³-hybridized carbons (Fsp3) is 0.167. The second-order valence-corrected chi connectivity index (χ2v) is 1.59. The lowest BCUT2D eigenvalue weighted by Crippen LogP contribution is -1.71. The maximum absolute atomic E-state index is 8.34. The summed E-state index contributed by atoms with van der Waals surface area (Å²) in [6.45, 7) is 0.0685. The van der Waals surface area contributed by atoms with Crippen molar-refractivity contribution in [1.82, 2.24) is 9.97 Å². The highest BCUT2D eigenvalue weighted by Gasteiger charge is 1.81. The second-order valence-electron chi connectivity index (χ2n) is 1.59. The van der Waals surface area contributed by atoms with Crippen LogP contribution in [0.25, 0.3) is 6.08 Å². The third kappa shape index (κ3) is 1.70. The average molecular weight is 124 g/mol. The SMILES string of the molecule is OC/C=C\c1cnc[nH]1. The Morgan fingerprint density at radius 2 is 2.67 bits per heavy atom. The van der Waals surface area contributed by atoms with E-state index in [0.29, 0.717) is 0 Å². The van der Waals surface area contributed by atoms with E-state index in [2.05, 4.69) is 9.97 Å². The Kier molecular flexibility index (Phi) is 2.04. The summed E-state index contributed by atoms with van der Waals surface area (Å²) in [5, 5.41) is 8.34. The number of H-pyrrole nitrogens is 1. The van der Waals surface area contributed by atoms with Crippen LogP contribution >= 0.6 is 0 Å². The van der Waals surface area contributed by atoms with Crippen LogP contribution in [0.5, 0.6) is 0 Å². The summed E-state index contributed by atoms with van der Waals surface area (Å²) in [5.41, 5.74) is 0.907. The van der Waals surface area contributed by atoms with Crippen LogP contribution in [0.3, 0.4) is 0 Å². The number of aromatic nitrogens is 2. The number of aliphatic hydroxyl groups is 1. The molecule has 1 aromatic heterocycles. The van der Waals surface area contributed by atoms with Gasteiger partial charge in [-0.1, -0.05) is 6.08 Å². The molecule has 0 aliphatic heterocycles. The van der Waals surface area contributed by atoms with Gasteiger partial charge in [-0.15, -0.1) is 0 Å². The van der Waals surface area contributed by atoms with Crippen LogP contribution < -0.4 is 0 Å². The molecule has 3 nitrogen and oxygen atoms in total. The van der Waals surface area contributed by atoms with E-state index in [4.69, 9.17) is 5.11 Å². The first-order valence-corrected chi connectivity index (χ1v) is 2.69. The van der Waals surface area contributed by atoms with E-state index >= 15 is 0 Å². The largest absolute Gasteiger partial charge is 0.392 e. The molecule has 9 heavy (non-hydrogen) atoms. The van der Waals surface area contributed by atoms with Crippen molar-refractivity contribution in [3.8, 4) is 0 Å². The zero-order valence-electron chi connectivity index (χ0n) is 4.91. The van der Waals surface area contributed by atoms with Crippen molar-refractivity contribution in [3.63, 3.8) is 0 Å². The molecule has 0 amide bonds. The van der Waals surface area contributed by atoms with Gasteiger partial charge in [-0.25, -0.2) is 4.98 Å². The fourth-order valence-electron chi connectivity index (χ4n) is 0.537. The molecule has 0 fully saturated rings. The Labute approximate surface area is 53.1 Å². The highest BCUT2D eigenvalue weighted by Crippen LogP contribution is 1.92. The molecule has 0 aliphatic carbocycles. The van der Waals surface area contributed by atoms with Crippen molar-refractivity contribution in [2.75, 3.05) is 6.61 Å². The van der Waals surface area contributed by atoms with Gasteiger partial charge < -0.3 is 10.1 Å². The van der Waals surface area contributed by atoms with E-state index in [1.807, 2.05) is 0 Å². The summed E-state index contributed by atoms with van der Waals surface area (Å²) in [4.78, 5) is 6.65. The Hall–Kier alpha value is -1.09. The number of hydrogen-bond acceptors (Lipinski definition) is 2. The number of aliphatic hydroxyl groups excluding tert-OH is 1. The summed E-state index contributed by atoms with van der Waals surface area (Å²) < 4.78 is 0. The Balaban J connectivity index is 2.57. The van der Waals surface area contributed by atoms with Crippen molar-refractivity contribution >= 4 is 6.08 Å². The molecule has 48 valence electrons. The number of imidazole rings is 1. The van der Waals surface area contributed by atoms with E-state index in [1.54, 1.807) is 24.7 Å². The third-order valence-corrected chi connectivity index (χ3v) is 0.922. The van der Waals surface area contributed by atoms with Crippen LogP contribution in [0.15, 0.2) is 18.6 Å². The quantitative estimate of drug-likeness (QED) is 0.600. The highest BCUT2D eigenvalue weighted by atomic mass is 16.2. The van der Waals surface area contributed by atoms with Crippen LogP contribution in [0.4, 0.5) is 0 Å². The number of rotatable bonds is 2. The number of nitrogens with one attached hydrogen (secondary N) is 1. The van der Waals surface area contributed by atoms with Gasteiger partial charge in [0, 0.05) is 0 Å². The normalized spacial score (nSPS) is 10.8. The monoisotopic (exact) mass is 124 g/mol. The van der Waals surface area contributed by atoms with Crippen molar-refractivity contribution in [2.45, 2.75) is 0 Å². The third-order valence-electron chi connectivity index (χ3n) is 0.922. The molecular weight excluding hydrogens is 116 g/mol. The summed E-state index contributed by atoms with van der Waals surface area (Å²) in [6, 6.07) is 0. The maximum atomic E-state index is 8.34. The van der Waals surface area contributed by atoms with Gasteiger partial charge >= 0.3 is 0 Å². The Morgan fingerprint density at radius 1 is 1.78 bits per heavy atom. The molecule has 0 spiro atoms. The smallest absolute Gasteiger partial charge is 0.0924 e. The zero-order chi connectivity index (χ0) is 6.53. The molecule has 1 heterocycles. The van der Waals surface area contributed by atoms with Gasteiger partial charge in [0.1, 0.15) is 0 Å². The first-order valence-electron chi connectivity index (χ1n) is 2.69. The zero-order valence-corrected chi connectivity index (χ0v) is 4.91. The van der Waals surface area contributed by atoms with E-state index in [-0.39, 0.29) is 6.61 Å². The highest BCUT2D eigenvalue weighted by molar-refractivity contribution is 5.42.